The van der Waals surface area contributed by atoms with E-state index in [1.54, 1.807) is 0 Å². The van der Waals surface area contributed by atoms with Crippen molar-refractivity contribution in [2.45, 2.75) is 19.0 Å². The van der Waals surface area contributed by atoms with Gasteiger partial charge in [-0.3, -0.25) is 4.90 Å². The number of aromatic nitrogens is 2. The third-order valence-corrected chi connectivity index (χ3v) is 6.40. The molecule has 0 N–H and O–H groups in total. The van der Waals surface area contributed by atoms with E-state index in [9.17, 15) is 0 Å². The maximum Gasteiger partial charge on any atom is 0.0958 e. The highest BCUT2D eigenvalue weighted by Crippen LogP contribution is 2.29. The van der Waals surface area contributed by atoms with Crippen LogP contribution in [-0.4, -0.2) is 52.1 Å². The van der Waals surface area contributed by atoms with Gasteiger partial charge in [-0.15, -0.1) is 0 Å². The molecule has 5 rings (SSSR count). The van der Waals surface area contributed by atoms with Gasteiger partial charge in [0.1, 0.15) is 0 Å². The van der Waals surface area contributed by atoms with Crippen molar-refractivity contribution >= 4 is 11.0 Å². The molecule has 1 aromatic heterocycles. The van der Waals surface area contributed by atoms with Crippen molar-refractivity contribution in [3.8, 4) is 0 Å². The van der Waals surface area contributed by atoms with E-state index in [1.807, 2.05) is 6.33 Å². The summed E-state index contributed by atoms with van der Waals surface area (Å²) in [6, 6.07) is 30.6. The third kappa shape index (κ3) is 4.55. The Bertz CT molecular complexity index is 1040. The van der Waals surface area contributed by atoms with Crippen molar-refractivity contribution in [2.75, 3.05) is 32.7 Å². The Labute approximate surface area is 184 Å². The van der Waals surface area contributed by atoms with E-state index in [-0.39, 0.29) is 0 Å². The van der Waals surface area contributed by atoms with Crippen molar-refractivity contribution in [1.29, 1.82) is 0 Å². The molecule has 4 nitrogen and oxygen atoms in total. The monoisotopic (exact) mass is 410 g/mol. The van der Waals surface area contributed by atoms with Crippen LogP contribution in [0.2, 0.25) is 0 Å². The lowest BCUT2D eigenvalue weighted by molar-refractivity contribution is 0.108. The quantitative estimate of drug-likeness (QED) is 0.436. The van der Waals surface area contributed by atoms with Gasteiger partial charge in [-0.05, 0) is 36.2 Å². The van der Waals surface area contributed by atoms with Crippen LogP contribution in [0, 0.1) is 0 Å². The summed E-state index contributed by atoms with van der Waals surface area (Å²) in [5.41, 5.74) is 5.09. The normalized spacial score (nSPS) is 15.6. The number of nitrogens with zero attached hydrogens (tertiary/aromatic N) is 4. The minimum Gasteiger partial charge on any atom is -0.331 e. The lowest BCUT2D eigenvalue weighted by Gasteiger charge is -2.39. The fourth-order valence-electron chi connectivity index (χ4n) is 4.78. The summed E-state index contributed by atoms with van der Waals surface area (Å²) in [6.07, 6.45) is 3.13. The molecule has 31 heavy (non-hydrogen) atoms. The highest BCUT2D eigenvalue weighted by molar-refractivity contribution is 5.74. The fourth-order valence-corrected chi connectivity index (χ4v) is 4.78. The number of rotatable bonds is 7. The summed E-state index contributed by atoms with van der Waals surface area (Å²) in [7, 11) is 0. The second-order valence-corrected chi connectivity index (χ2v) is 8.38. The number of fused-ring (bicyclic) bond motifs is 1. The Kier molecular flexibility index (Phi) is 6.10. The number of hydrogen-bond donors (Lipinski definition) is 0. The second kappa shape index (κ2) is 9.46. The van der Waals surface area contributed by atoms with Crippen LogP contribution in [0.25, 0.3) is 11.0 Å². The minimum atomic E-state index is 0.335. The van der Waals surface area contributed by atoms with E-state index in [2.05, 4.69) is 104 Å². The van der Waals surface area contributed by atoms with E-state index < -0.39 is 0 Å². The van der Waals surface area contributed by atoms with E-state index in [0.717, 1.165) is 51.2 Å². The number of imidazole rings is 1. The summed E-state index contributed by atoms with van der Waals surface area (Å²) >= 11 is 0. The zero-order valence-corrected chi connectivity index (χ0v) is 18.0. The van der Waals surface area contributed by atoms with Gasteiger partial charge < -0.3 is 9.47 Å². The Hall–Kier alpha value is -2.95. The Morgan fingerprint density at radius 3 is 1.97 bits per heavy atom. The van der Waals surface area contributed by atoms with Gasteiger partial charge in [-0.2, -0.15) is 0 Å². The first-order chi connectivity index (χ1) is 15.4. The molecular formula is C27H30N4. The van der Waals surface area contributed by atoms with E-state index in [4.69, 9.17) is 0 Å². The summed E-state index contributed by atoms with van der Waals surface area (Å²) in [5.74, 6) is 0. The van der Waals surface area contributed by atoms with Gasteiger partial charge in [0.05, 0.1) is 23.4 Å². The molecule has 0 aliphatic carbocycles. The van der Waals surface area contributed by atoms with Gasteiger partial charge in [0, 0.05) is 32.7 Å². The lowest BCUT2D eigenvalue weighted by Crippen LogP contribution is -2.48. The maximum atomic E-state index is 4.51. The Balaban J connectivity index is 1.19. The maximum absolute atomic E-state index is 4.51. The average Bonchev–Trinajstić information content (AvgIpc) is 3.25. The highest BCUT2D eigenvalue weighted by Gasteiger charge is 2.26. The number of para-hydroxylation sites is 2. The highest BCUT2D eigenvalue weighted by atomic mass is 15.3. The number of hydrogen-bond acceptors (Lipinski definition) is 3. The first-order valence-electron chi connectivity index (χ1n) is 11.3. The topological polar surface area (TPSA) is 24.3 Å². The van der Waals surface area contributed by atoms with Crippen LogP contribution >= 0.6 is 0 Å². The van der Waals surface area contributed by atoms with E-state index >= 15 is 0 Å². The van der Waals surface area contributed by atoms with Crippen LogP contribution in [-0.2, 0) is 6.54 Å². The predicted octanol–water partition coefficient (Wildman–Crippen LogP) is 4.83. The smallest absolute Gasteiger partial charge is 0.0958 e. The van der Waals surface area contributed by atoms with E-state index in [0.29, 0.717) is 6.04 Å². The molecule has 0 unspecified atom stereocenters. The van der Waals surface area contributed by atoms with Crippen LogP contribution in [0.3, 0.4) is 0 Å². The van der Waals surface area contributed by atoms with Gasteiger partial charge in [0.25, 0.3) is 0 Å². The summed E-state index contributed by atoms with van der Waals surface area (Å²) in [4.78, 5) is 9.77. The molecule has 0 spiro atoms. The van der Waals surface area contributed by atoms with Crippen molar-refractivity contribution in [3.63, 3.8) is 0 Å². The van der Waals surface area contributed by atoms with Gasteiger partial charge in [-0.25, -0.2) is 4.98 Å². The minimum absolute atomic E-state index is 0.335. The molecule has 2 heterocycles. The van der Waals surface area contributed by atoms with Crippen LogP contribution < -0.4 is 0 Å². The molecule has 1 saturated heterocycles. The first-order valence-corrected chi connectivity index (χ1v) is 11.3. The molecule has 4 heteroatoms. The second-order valence-electron chi connectivity index (χ2n) is 8.38. The number of piperazine rings is 1. The van der Waals surface area contributed by atoms with Crippen molar-refractivity contribution in [2.24, 2.45) is 0 Å². The Morgan fingerprint density at radius 1 is 0.677 bits per heavy atom. The van der Waals surface area contributed by atoms with Crippen LogP contribution in [0.1, 0.15) is 23.6 Å². The van der Waals surface area contributed by atoms with Crippen molar-refractivity contribution in [1.82, 2.24) is 19.4 Å². The summed E-state index contributed by atoms with van der Waals surface area (Å²) in [6.45, 7) is 6.62. The van der Waals surface area contributed by atoms with E-state index in [1.165, 1.54) is 16.6 Å². The molecule has 0 atom stereocenters. The van der Waals surface area contributed by atoms with Gasteiger partial charge in [-0.1, -0.05) is 72.8 Å². The van der Waals surface area contributed by atoms with Crippen LogP contribution in [0.5, 0.6) is 0 Å². The van der Waals surface area contributed by atoms with Crippen LogP contribution in [0.4, 0.5) is 0 Å². The molecule has 1 aliphatic heterocycles. The number of aryl methyl sites for hydroxylation is 1. The average molecular weight is 411 g/mol. The van der Waals surface area contributed by atoms with Gasteiger partial charge in [0.2, 0.25) is 0 Å². The number of benzene rings is 3. The molecule has 0 amide bonds. The van der Waals surface area contributed by atoms with Gasteiger partial charge >= 0.3 is 0 Å². The van der Waals surface area contributed by atoms with Gasteiger partial charge in [0.15, 0.2) is 0 Å². The molecular weight excluding hydrogens is 380 g/mol. The molecule has 0 saturated carbocycles. The largest absolute Gasteiger partial charge is 0.331 e. The molecule has 1 fully saturated rings. The molecule has 0 bridgehead atoms. The zero-order chi connectivity index (χ0) is 20.9. The zero-order valence-electron chi connectivity index (χ0n) is 18.0. The van der Waals surface area contributed by atoms with Crippen molar-refractivity contribution in [3.05, 3.63) is 102 Å². The van der Waals surface area contributed by atoms with Crippen LogP contribution in [0.15, 0.2) is 91.3 Å². The fraction of sp³-hybridized carbons (Fsp3) is 0.296. The molecule has 1 aliphatic rings. The molecule has 4 aromatic rings. The summed E-state index contributed by atoms with van der Waals surface area (Å²) < 4.78 is 2.28. The Morgan fingerprint density at radius 2 is 1.29 bits per heavy atom. The third-order valence-electron chi connectivity index (χ3n) is 6.40. The standard InChI is InChI=1S/C27H30N4/c1-3-10-23(11-4-1)27(24-12-5-2-6-13-24)30-20-18-29(19-21-30)16-9-17-31-22-28-25-14-7-8-15-26(25)31/h1-8,10-15,22,27H,9,16-21H2. The molecule has 0 radical (unpaired) electrons. The molecule has 158 valence electrons. The molecule has 3 aromatic carbocycles. The first kappa shape index (κ1) is 20.0. The predicted molar refractivity (Wildman–Crippen MR) is 127 cm³/mol. The SMILES string of the molecule is c1ccc(C(c2ccccc2)N2CCN(CCCn3cnc4ccccc43)CC2)cc1. The lowest BCUT2D eigenvalue weighted by atomic mass is 9.96. The summed E-state index contributed by atoms with van der Waals surface area (Å²) in [5, 5.41) is 0. The van der Waals surface area contributed by atoms with Crippen molar-refractivity contribution < 1.29 is 0 Å².